The zero-order chi connectivity index (χ0) is 23.0. The van der Waals surface area contributed by atoms with Gasteiger partial charge in [-0.15, -0.1) is 0 Å². The summed E-state index contributed by atoms with van der Waals surface area (Å²) in [7, 11) is 1.11. The normalized spacial score (nSPS) is 16.1. The molecule has 0 saturated heterocycles. The van der Waals surface area contributed by atoms with Gasteiger partial charge in [-0.2, -0.15) is 23.3 Å². The Morgan fingerprint density at radius 2 is 2.06 bits per heavy atom. The zero-order valence-electron chi connectivity index (χ0n) is 17.6. The van der Waals surface area contributed by atoms with Crippen LogP contribution in [0, 0.1) is 0 Å². The second-order valence-corrected chi connectivity index (χ2v) is 7.30. The molecule has 11 heteroatoms. The third-order valence-electron chi connectivity index (χ3n) is 5.16. The fourth-order valence-corrected chi connectivity index (χ4v) is 3.70. The van der Waals surface area contributed by atoms with Gasteiger partial charge >= 0.3 is 6.18 Å². The summed E-state index contributed by atoms with van der Waals surface area (Å²) in [6.07, 6.45) is -1.37. The molecule has 0 saturated carbocycles. The number of hydrogen-bond donors (Lipinski definition) is 1. The largest absolute Gasteiger partial charge is 0.481 e. The molecule has 3 aromatic rings. The number of aromatic nitrogens is 4. The second kappa shape index (κ2) is 8.13. The van der Waals surface area contributed by atoms with Crippen molar-refractivity contribution in [3.63, 3.8) is 0 Å². The summed E-state index contributed by atoms with van der Waals surface area (Å²) < 4.78 is 46.1. The van der Waals surface area contributed by atoms with Crippen LogP contribution in [0.5, 0.6) is 5.88 Å². The van der Waals surface area contributed by atoms with E-state index >= 15 is 0 Å². The maximum absolute atomic E-state index is 13.4. The minimum absolute atomic E-state index is 0.0770. The molecule has 1 aliphatic rings. The van der Waals surface area contributed by atoms with Crippen molar-refractivity contribution in [2.75, 3.05) is 30.4 Å². The number of nitrogens with zero attached hydrogens (tertiary/aromatic N) is 5. The summed E-state index contributed by atoms with van der Waals surface area (Å²) in [6, 6.07) is 5.42. The van der Waals surface area contributed by atoms with Gasteiger partial charge in [0.15, 0.2) is 0 Å². The van der Waals surface area contributed by atoms with Crippen LogP contribution in [0.2, 0.25) is 0 Å². The van der Waals surface area contributed by atoms with Gasteiger partial charge < -0.3 is 10.1 Å². The van der Waals surface area contributed by atoms with Gasteiger partial charge in [0.1, 0.15) is 22.9 Å². The molecular weight excluding hydrogens is 424 g/mol. The fraction of sp³-hybridized carbons (Fsp3) is 0.333. The maximum Gasteiger partial charge on any atom is 0.421 e. The van der Waals surface area contributed by atoms with Crippen LogP contribution in [-0.2, 0) is 6.18 Å². The molecule has 1 N–H and O–H groups in total. The number of pyridine rings is 2. The molecule has 32 heavy (non-hydrogen) atoms. The maximum atomic E-state index is 13.4. The molecule has 168 valence electrons. The minimum Gasteiger partial charge on any atom is -0.481 e. The van der Waals surface area contributed by atoms with Gasteiger partial charge in [-0.05, 0) is 43.7 Å². The van der Waals surface area contributed by atoms with Gasteiger partial charge in [0.05, 0.1) is 19.3 Å². The number of nitrogens with one attached hydrogen (secondary N) is 1. The molecule has 0 spiro atoms. The molecule has 1 atom stereocenters. The van der Waals surface area contributed by atoms with Crippen molar-refractivity contribution in [3.8, 4) is 17.0 Å². The number of ether oxygens (including phenoxy) is 1. The van der Waals surface area contributed by atoms with E-state index in [4.69, 9.17) is 4.74 Å². The highest BCUT2D eigenvalue weighted by atomic mass is 19.4. The molecule has 4 rings (SSSR count). The highest BCUT2D eigenvalue weighted by Gasteiger charge is 2.38. The number of anilines is 2. The minimum atomic E-state index is -4.62. The molecule has 1 aliphatic heterocycles. The van der Waals surface area contributed by atoms with E-state index in [0.717, 1.165) is 18.7 Å². The second-order valence-electron chi connectivity index (χ2n) is 7.30. The summed E-state index contributed by atoms with van der Waals surface area (Å²) in [5.74, 6) is -0.258. The SMILES string of the molecule is C[11CH2]Nc1cc(-c2cnn3c2C(=O)N(c2ccc(C(F)(F)F)c(OC)n2)C[C@@H]3C)ccn1. The Balaban J connectivity index is 1.76. The van der Waals surface area contributed by atoms with E-state index in [-0.39, 0.29) is 18.4 Å². The van der Waals surface area contributed by atoms with E-state index in [1.807, 2.05) is 19.9 Å². The van der Waals surface area contributed by atoms with Crippen molar-refractivity contribution < 1.29 is 22.7 Å². The van der Waals surface area contributed by atoms with E-state index in [1.54, 1.807) is 23.1 Å². The Labute approximate surface area is 182 Å². The van der Waals surface area contributed by atoms with E-state index in [9.17, 15) is 18.0 Å². The standard InChI is InChI=1S/C21H21F3N6O2/c1-4-25-16-9-13(7-8-26-16)14-10-27-30-12(2)11-29(20(31)18(14)30)17-6-5-15(21(22,23)24)19(28-17)32-3/h5-10,12H,4,11H2,1-3H3,(H,25,26)/t12-/m0/s1/i4-1. The van der Waals surface area contributed by atoms with Crippen LogP contribution in [-0.4, -0.2) is 45.9 Å². The fourth-order valence-electron chi connectivity index (χ4n) is 3.70. The van der Waals surface area contributed by atoms with E-state index < -0.39 is 23.5 Å². The first-order valence-electron chi connectivity index (χ1n) is 9.96. The number of carbonyl (C=O) groups excluding carboxylic acids is 1. The molecule has 3 aromatic heterocycles. The number of amides is 1. The molecular formula is C21H21F3N6O2. The highest BCUT2D eigenvalue weighted by molar-refractivity contribution is 6.09. The average Bonchev–Trinajstić information content (AvgIpc) is 3.22. The van der Waals surface area contributed by atoms with Crippen LogP contribution in [0.15, 0.2) is 36.7 Å². The molecule has 0 aliphatic carbocycles. The Morgan fingerprint density at radius 3 is 2.75 bits per heavy atom. The van der Waals surface area contributed by atoms with Gasteiger partial charge in [0.25, 0.3) is 5.91 Å². The van der Waals surface area contributed by atoms with Crippen LogP contribution in [0.1, 0.15) is 35.9 Å². The molecule has 1 amide bonds. The molecule has 0 aromatic carbocycles. The number of rotatable bonds is 5. The number of hydrogen-bond acceptors (Lipinski definition) is 6. The predicted molar refractivity (Wildman–Crippen MR) is 112 cm³/mol. The molecule has 0 bridgehead atoms. The van der Waals surface area contributed by atoms with E-state index in [1.165, 1.54) is 11.0 Å². The van der Waals surface area contributed by atoms with Crippen LogP contribution in [0.3, 0.4) is 0 Å². The van der Waals surface area contributed by atoms with Gasteiger partial charge in [0, 0.05) is 24.8 Å². The van der Waals surface area contributed by atoms with Crippen LogP contribution < -0.4 is 15.0 Å². The smallest absolute Gasteiger partial charge is 0.421 e. The molecule has 4 heterocycles. The third kappa shape index (κ3) is 3.74. The van der Waals surface area contributed by atoms with Crippen molar-refractivity contribution >= 4 is 17.5 Å². The Kier molecular flexibility index (Phi) is 5.49. The molecule has 0 radical (unpaired) electrons. The number of methoxy groups -OCH3 is 1. The van der Waals surface area contributed by atoms with Crippen molar-refractivity contribution in [1.29, 1.82) is 0 Å². The lowest BCUT2D eigenvalue weighted by atomic mass is 10.0. The van der Waals surface area contributed by atoms with Crippen molar-refractivity contribution in [1.82, 2.24) is 19.7 Å². The van der Waals surface area contributed by atoms with E-state index in [2.05, 4.69) is 20.4 Å². The number of carbonyl (C=O) groups is 1. The van der Waals surface area contributed by atoms with Crippen molar-refractivity contribution in [2.45, 2.75) is 26.1 Å². The van der Waals surface area contributed by atoms with Crippen molar-refractivity contribution in [2.24, 2.45) is 0 Å². The Bertz CT molecular complexity index is 1160. The summed E-state index contributed by atoms with van der Waals surface area (Å²) >= 11 is 0. The monoisotopic (exact) mass is 445 g/mol. The van der Waals surface area contributed by atoms with Crippen LogP contribution in [0.25, 0.3) is 11.1 Å². The number of halogens is 3. The van der Waals surface area contributed by atoms with Crippen LogP contribution in [0.4, 0.5) is 24.8 Å². The van der Waals surface area contributed by atoms with Gasteiger partial charge in [0.2, 0.25) is 5.88 Å². The first-order valence-corrected chi connectivity index (χ1v) is 9.96. The molecule has 0 unspecified atom stereocenters. The summed E-state index contributed by atoms with van der Waals surface area (Å²) in [5, 5.41) is 7.51. The lowest BCUT2D eigenvalue weighted by molar-refractivity contribution is -0.139. The Hall–Kier alpha value is -3.63. The average molecular weight is 445 g/mol. The van der Waals surface area contributed by atoms with Gasteiger partial charge in [-0.25, -0.2) is 4.98 Å². The summed E-state index contributed by atoms with van der Waals surface area (Å²) in [4.78, 5) is 23.0. The summed E-state index contributed by atoms with van der Waals surface area (Å²) in [6.45, 7) is 4.71. The summed E-state index contributed by atoms with van der Waals surface area (Å²) in [5.41, 5.74) is 0.683. The van der Waals surface area contributed by atoms with Gasteiger partial charge in [-0.3, -0.25) is 14.4 Å². The first-order chi connectivity index (χ1) is 15.2. The first kappa shape index (κ1) is 21.6. The quantitative estimate of drug-likeness (QED) is 0.639. The van der Waals surface area contributed by atoms with E-state index in [0.29, 0.717) is 23.6 Å². The highest BCUT2D eigenvalue weighted by Crippen LogP contribution is 2.38. The number of fused-ring (bicyclic) bond motifs is 1. The van der Waals surface area contributed by atoms with Crippen molar-refractivity contribution in [3.05, 3.63) is 47.9 Å². The molecule has 8 nitrogen and oxygen atoms in total. The zero-order valence-corrected chi connectivity index (χ0v) is 17.6. The Morgan fingerprint density at radius 1 is 1.28 bits per heavy atom. The lowest BCUT2D eigenvalue weighted by Crippen LogP contribution is -2.43. The lowest BCUT2D eigenvalue weighted by Gasteiger charge is -2.32. The van der Waals surface area contributed by atoms with Gasteiger partial charge in [-0.1, -0.05) is 0 Å². The van der Waals surface area contributed by atoms with Crippen LogP contribution >= 0.6 is 0 Å². The number of alkyl halides is 3. The predicted octanol–water partition coefficient (Wildman–Crippen LogP) is 4.02. The molecule has 0 fully saturated rings. The third-order valence-corrected chi connectivity index (χ3v) is 5.16. The topological polar surface area (TPSA) is 85.2 Å².